The molecule has 2 fully saturated rings. The number of aliphatic imine (C=N–C) groups is 1. The van der Waals surface area contributed by atoms with Gasteiger partial charge in [0.2, 0.25) is 16.1 Å². The molecule has 4 atom stereocenters. The number of nitrogens with zero attached hydrogens (tertiary/aromatic N) is 2. The minimum Gasteiger partial charge on any atom is -0.480 e. The van der Waals surface area contributed by atoms with Crippen molar-refractivity contribution >= 4 is 47.3 Å². The smallest absolute Gasteiger partial charge is 0.327 e. The number of nitrogens with two attached hydrogens (primary N) is 2. The summed E-state index contributed by atoms with van der Waals surface area (Å²) < 4.78 is -1.04. The van der Waals surface area contributed by atoms with Crippen LogP contribution in [-0.2, 0) is 14.4 Å². The Morgan fingerprint density at radius 1 is 1.36 bits per heavy atom. The summed E-state index contributed by atoms with van der Waals surface area (Å²) in [4.78, 5) is 42.2. The molecule has 4 unspecified atom stereocenters. The molecular formula is C13H20N6O4S2. The van der Waals surface area contributed by atoms with Gasteiger partial charge in [-0.25, -0.2) is 4.79 Å². The summed E-state index contributed by atoms with van der Waals surface area (Å²) >= 11 is 2.61. The predicted octanol–water partition coefficient (Wildman–Crippen LogP) is -2.12. The van der Waals surface area contributed by atoms with Crippen molar-refractivity contribution < 1.29 is 19.5 Å². The minimum atomic E-state index is -1.10. The van der Waals surface area contributed by atoms with Crippen LogP contribution in [0.2, 0.25) is 0 Å². The van der Waals surface area contributed by atoms with Crippen molar-refractivity contribution in [2.45, 2.75) is 35.3 Å². The van der Waals surface area contributed by atoms with E-state index in [0.29, 0.717) is 19.4 Å². The highest BCUT2D eigenvalue weighted by Gasteiger charge is 2.58. The standard InChI is InChI=1S/C13H20N6O4S2/c14-6-2-1-3-16-12(15)18-13-19(8(5-25-13)11(22)23)10(21)7(4-24-13)17-9(6)20/h6-8H,1-5,14H2,(H,17,20)(H,22,23)(H3,15,16,18). The average Bonchev–Trinajstić information content (AvgIpc) is 2.94. The predicted molar refractivity (Wildman–Crippen MR) is 94.7 cm³/mol. The summed E-state index contributed by atoms with van der Waals surface area (Å²) in [5.74, 6) is -1.35. The minimum absolute atomic E-state index is 0.134. The topological polar surface area (TPSA) is 163 Å². The van der Waals surface area contributed by atoms with E-state index < -0.39 is 40.2 Å². The molecule has 2 amide bonds. The Hall–Kier alpha value is -1.66. The van der Waals surface area contributed by atoms with E-state index in [-0.39, 0.29) is 17.5 Å². The maximum atomic E-state index is 12.9. The molecule has 10 nitrogen and oxygen atoms in total. The molecule has 138 valence electrons. The van der Waals surface area contributed by atoms with Gasteiger partial charge in [-0.1, -0.05) is 23.5 Å². The van der Waals surface area contributed by atoms with Crippen LogP contribution >= 0.6 is 23.5 Å². The Morgan fingerprint density at radius 3 is 2.80 bits per heavy atom. The second-order valence-corrected chi connectivity index (χ2v) is 8.65. The lowest BCUT2D eigenvalue weighted by Crippen LogP contribution is -2.68. The zero-order valence-electron chi connectivity index (χ0n) is 13.3. The van der Waals surface area contributed by atoms with E-state index in [1.54, 1.807) is 0 Å². The maximum absolute atomic E-state index is 12.9. The molecule has 4 aliphatic heterocycles. The number of hydrogen-bond acceptors (Lipinski definition) is 9. The van der Waals surface area contributed by atoms with E-state index >= 15 is 0 Å². The second-order valence-electron chi connectivity index (χ2n) is 5.97. The highest BCUT2D eigenvalue weighted by atomic mass is 32.2. The fraction of sp³-hybridized carbons (Fsp3) is 0.692. The number of carboxylic acids is 1. The first-order valence-corrected chi connectivity index (χ1v) is 9.79. The van der Waals surface area contributed by atoms with Gasteiger partial charge in [-0.3, -0.25) is 19.5 Å². The first-order chi connectivity index (χ1) is 11.8. The van der Waals surface area contributed by atoms with Crippen LogP contribution in [-0.4, -0.2) is 74.3 Å². The van der Waals surface area contributed by atoms with Crippen LogP contribution in [0.1, 0.15) is 12.8 Å². The molecule has 4 heterocycles. The molecule has 12 heteroatoms. The van der Waals surface area contributed by atoms with Gasteiger partial charge in [-0.15, -0.1) is 0 Å². The van der Waals surface area contributed by atoms with Crippen LogP contribution in [0.15, 0.2) is 4.99 Å². The molecule has 0 aromatic rings. The Kier molecular flexibility index (Phi) is 5.02. The quantitative estimate of drug-likeness (QED) is 0.338. The van der Waals surface area contributed by atoms with Crippen molar-refractivity contribution in [1.29, 1.82) is 0 Å². The zero-order valence-corrected chi connectivity index (χ0v) is 14.9. The summed E-state index contributed by atoms with van der Waals surface area (Å²) in [6.45, 7) is 0.380. The van der Waals surface area contributed by atoms with Crippen molar-refractivity contribution in [3.8, 4) is 0 Å². The molecule has 2 bridgehead atoms. The van der Waals surface area contributed by atoms with Gasteiger partial charge in [0.25, 0.3) is 0 Å². The lowest BCUT2D eigenvalue weighted by Gasteiger charge is -2.44. The fourth-order valence-corrected chi connectivity index (χ4v) is 6.03. The van der Waals surface area contributed by atoms with E-state index in [4.69, 9.17) is 11.5 Å². The number of aliphatic carboxylic acids is 1. The number of carbonyl (C=O) groups excluding carboxylic acids is 2. The third-order valence-corrected chi connectivity index (χ3v) is 7.30. The number of amides is 2. The van der Waals surface area contributed by atoms with Gasteiger partial charge in [0.15, 0.2) is 5.96 Å². The molecule has 0 saturated carbocycles. The number of carbonyl (C=O) groups is 3. The molecule has 0 aromatic carbocycles. The number of guanidine groups is 1. The molecular weight excluding hydrogens is 368 g/mol. The fourth-order valence-electron chi connectivity index (χ4n) is 2.93. The molecule has 1 spiro atoms. The van der Waals surface area contributed by atoms with Gasteiger partial charge in [0.1, 0.15) is 12.1 Å². The van der Waals surface area contributed by atoms with Crippen molar-refractivity contribution in [3.63, 3.8) is 0 Å². The lowest BCUT2D eigenvalue weighted by molar-refractivity contribution is -0.151. The number of thioether (sulfide) groups is 2. The van der Waals surface area contributed by atoms with Gasteiger partial charge in [-0.05, 0) is 12.8 Å². The van der Waals surface area contributed by atoms with Crippen molar-refractivity contribution in [3.05, 3.63) is 0 Å². The van der Waals surface area contributed by atoms with Gasteiger partial charge in [0, 0.05) is 18.1 Å². The number of fused-ring (bicyclic) bond motifs is 8. The summed E-state index contributed by atoms with van der Waals surface area (Å²) in [5.41, 5.74) is 11.8. The Bertz CT molecular complexity index is 632. The van der Waals surface area contributed by atoms with Crippen LogP contribution in [0.25, 0.3) is 0 Å². The monoisotopic (exact) mass is 388 g/mol. The molecule has 4 rings (SSSR count). The van der Waals surface area contributed by atoms with E-state index in [9.17, 15) is 19.5 Å². The number of nitrogens with one attached hydrogen (secondary N) is 2. The number of rotatable bonds is 1. The average molecular weight is 388 g/mol. The van der Waals surface area contributed by atoms with Crippen molar-refractivity contribution in [2.75, 3.05) is 18.1 Å². The molecule has 4 aliphatic rings. The molecule has 0 radical (unpaired) electrons. The summed E-state index contributed by atoms with van der Waals surface area (Å²) in [6, 6.07) is -2.58. The Labute approximate surface area is 152 Å². The van der Waals surface area contributed by atoms with E-state index in [1.807, 2.05) is 0 Å². The van der Waals surface area contributed by atoms with Crippen LogP contribution < -0.4 is 22.1 Å². The third-order valence-electron chi connectivity index (χ3n) is 4.23. The van der Waals surface area contributed by atoms with E-state index in [1.165, 1.54) is 28.4 Å². The number of carboxylic acid groups (broad SMARTS) is 1. The second kappa shape index (κ2) is 6.92. The first-order valence-electron chi connectivity index (χ1n) is 7.82. The maximum Gasteiger partial charge on any atom is 0.327 e. The Balaban J connectivity index is 1.97. The molecule has 7 N–H and O–H groups in total. The molecule has 0 aromatic heterocycles. The molecule has 25 heavy (non-hydrogen) atoms. The Morgan fingerprint density at radius 2 is 2.08 bits per heavy atom. The third kappa shape index (κ3) is 3.37. The summed E-state index contributed by atoms with van der Waals surface area (Å²) in [5, 5.41) is 15.1. The van der Waals surface area contributed by atoms with Gasteiger partial charge >= 0.3 is 5.97 Å². The molecule has 0 aliphatic carbocycles. The highest BCUT2D eigenvalue weighted by molar-refractivity contribution is 8.18. The zero-order chi connectivity index (χ0) is 18.2. The lowest BCUT2D eigenvalue weighted by atomic mass is 10.1. The van der Waals surface area contributed by atoms with Crippen LogP contribution in [0.4, 0.5) is 0 Å². The summed E-state index contributed by atoms with van der Waals surface area (Å²) in [6.07, 6.45) is 0.988. The van der Waals surface area contributed by atoms with Crippen LogP contribution in [0, 0.1) is 0 Å². The number of hydrogen-bond donors (Lipinski definition) is 5. The normalized spacial score (nSPS) is 36.3. The van der Waals surface area contributed by atoms with E-state index in [2.05, 4.69) is 15.6 Å². The highest BCUT2D eigenvalue weighted by Crippen LogP contribution is 2.48. The largest absolute Gasteiger partial charge is 0.480 e. The molecule has 2 saturated heterocycles. The van der Waals surface area contributed by atoms with Gasteiger partial charge in [0.05, 0.1) is 6.04 Å². The van der Waals surface area contributed by atoms with Crippen molar-refractivity contribution in [1.82, 2.24) is 15.5 Å². The van der Waals surface area contributed by atoms with Crippen molar-refractivity contribution in [2.24, 2.45) is 16.5 Å². The van der Waals surface area contributed by atoms with E-state index in [0.717, 1.165) is 0 Å². The first kappa shape index (κ1) is 18.1. The van der Waals surface area contributed by atoms with Gasteiger partial charge < -0.3 is 27.2 Å². The van der Waals surface area contributed by atoms with Crippen LogP contribution in [0.3, 0.4) is 0 Å². The SMILES string of the molecule is NC1=NCCCC(N)C(=O)NC2CSC3(N1)SCC(C(=O)O)N3C2=O. The van der Waals surface area contributed by atoms with Gasteiger partial charge in [-0.2, -0.15) is 0 Å². The van der Waals surface area contributed by atoms with Crippen LogP contribution in [0.5, 0.6) is 0 Å². The summed E-state index contributed by atoms with van der Waals surface area (Å²) in [7, 11) is 0.